The number of rotatable bonds is 6. The molecular weight excluding hydrogens is 444 g/mol. The van der Waals surface area contributed by atoms with Gasteiger partial charge in [-0.05, 0) is 79.0 Å². The average molecular weight is 502 g/mol. The molecule has 0 amide bonds. The van der Waals surface area contributed by atoms with Crippen molar-refractivity contribution in [3.8, 4) is 0 Å². The van der Waals surface area contributed by atoms with Crippen LogP contribution in [-0.4, -0.2) is 0 Å². The quantitative estimate of drug-likeness (QED) is 0.345. The Balaban J connectivity index is 2.33. The van der Waals surface area contributed by atoms with Crippen LogP contribution in [0.2, 0.25) is 0 Å². The summed E-state index contributed by atoms with van der Waals surface area (Å²) in [6.07, 6.45) is 8.85. The van der Waals surface area contributed by atoms with Crippen molar-refractivity contribution in [2.75, 3.05) is 0 Å². The minimum Gasteiger partial charge on any atom is -0.0654 e. The highest BCUT2D eigenvalue weighted by Crippen LogP contribution is 2.49. The van der Waals surface area contributed by atoms with Crippen molar-refractivity contribution in [3.05, 3.63) is 74.7 Å². The third-order valence-corrected chi connectivity index (χ3v) is 8.30. The van der Waals surface area contributed by atoms with E-state index >= 15 is 0 Å². The van der Waals surface area contributed by atoms with Gasteiger partial charge in [0, 0.05) is 5.92 Å². The van der Waals surface area contributed by atoms with E-state index in [4.69, 9.17) is 0 Å². The lowest BCUT2D eigenvalue weighted by Crippen LogP contribution is -2.29. The smallest absolute Gasteiger partial charge is 0.0352 e. The van der Waals surface area contributed by atoms with Crippen LogP contribution in [0.3, 0.4) is 0 Å². The summed E-state index contributed by atoms with van der Waals surface area (Å²) in [7, 11) is 0. The van der Waals surface area contributed by atoms with Crippen molar-refractivity contribution in [2.24, 2.45) is 0 Å². The molecule has 0 atom stereocenters. The number of hydrogen-bond acceptors (Lipinski definition) is 0. The molecule has 0 nitrogen and oxygen atoms in total. The molecule has 1 radical (unpaired) electrons. The van der Waals surface area contributed by atoms with Gasteiger partial charge < -0.3 is 0 Å². The second kappa shape index (κ2) is 10.5. The van der Waals surface area contributed by atoms with Crippen LogP contribution in [0.25, 0.3) is 0 Å². The number of hydrogen-bond donors (Lipinski definition) is 0. The molecule has 37 heavy (non-hydrogen) atoms. The Morgan fingerprint density at radius 2 is 0.919 bits per heavy atom. The molecule has 2 aromatic carbocycles. The van der Waals surface area contributed by atoms with Crippen LogP contribution in [0.1, 0.15) is 173 Å². The second-order valence-corrected chi connectivity index (χ2v) is 15.9. The largest absolute Gasteiger partial charge is 0.0654 e. The zero-order chi connectivity index (χ0) is 28.0. The lowest BCUT2D eigenvalue weighted by Gasteiger charge is -2.40. The van der Waals surface area contributed by atoms with E-state index in [1.165, 1.54) is 49.7 Å². The van der Waals surface area contributed by atoms with Crippen molar-refractivity contribution < 1.29 is 0 Å². The van der Waals surface area contributed by atoms with Crippen LogP contribution in [0.15, 0.2) is 24.3 Å². The van der Waals surface area contributed by atoms with Crippen LogP contribution in [-0.2, 0) is 28.1 Å². The third-order valence-electron chi connectivity index (χ3n) is 8.30. The first-order valence-electron chi connectivity index (χ1n) is 15.1. The van der Waals surface area contributed by atoms with Crippen LogP contribution in [0.4, 0.5) is 0 Å². The van der Waals surface area contributed by atoms with Gasteiger partial charge in [-0.1, -0.05) is 146 Å². The molecule has 1 aliphatic carbocycles. The summed E-state index contributed by atoms with van der Waals surface area (Å²) in [5.41, 5.74) is 12.8. The van der Waals surface area contributed by atoms with Gasteiger partial charge >= 0.3 is 0 Å². The molecule has 0 bridgehead atoms. The highest BCUT2D eigenvalue weighted by atomic mass is 14.4. The van der Waals surface area contributed by atoms with E-state index in [1.54, 1.807) is 39.3 Å². The highest BCUT2D eigenvalue weighted by molar-refractivity contribution is 5.67. The van der Waals surface area contributed by atoms with Gasteiger partial charge in [-0.15, -0.1) is 0 Å². The Labute approximate surface area is 231 Å². The topological polar surface area (TPSA) is 0 Å². The maximum absolute atomic E-state index is 2.56. The molecule has 0 saturated carbocycles. The first-order valence-corrected chi connectivity index (χ1v) is 15.1. The first kappa shape index (κ1) is 30.0. The van der Waals surface area contributed by atoms with Gasteiger partial charge in [0.2, 0.25) is 0 Å². The minimum atomic E-state index is 0.101. The molecule has 1 aliphatic rings. The summed E-state index contributed by atoms with van der Waals surface area (Å²) in [5.74, 6) is 1.63. The fraction of sp³-hybridized carbons (Fsp3) is 0.649. The summed E-state index contributed by atoms with van der Waals surface area (Å²) >= 11 is 0. The molecular formula is C37H57. The van der Waals surface area contributed by atoms with Crippen molar-refractivity contribution in [3.63, 3.8) is 0 Å². The normalized spacial score (nSPS) is 15.1. The van der Waals surface area contributed by atoms with E-state index in [1.807, 2.05) is 0 Å². The van der Waals surface area contributed by atoms with Crippen molar-refractivity contribution >= 4 is 0 Å². The lowest BCUT2D eigenvalue weighted by atomic mass is 9.64. The van der Waals surface area contributed by atoms with Crippen LogP contribution >= 0.6 is 0 Å². The fourth-order valence-corrected chi connectivity index (χ4v) is 5.93. The summed E-state index contributed by atoms with van der Waals surface area (Å²) in [4.78, 5) is 0. The Hall–Kier alpha value is -1.56. The number of benzene rings is 2. The maximum atomic E-state index is 2.56. The van der Waals surface area contributed by atoms with Gasteiger partial charge in [0.05, 0.1) is 0 Å². The molecule has 205 valence electrons. The second-order valence-electron chi connectivity index (χ2n) is 15.9. The van der Waals surface area contributed by atoms with Gasteiger partial charge in [-0.25, -0.2) is 0 Å². The monoisotopic (exact) mass is 501 g/mol. The summed E-state index contributed by atoms with van der Waals surface area (Å²) in [6.45, 7) is 31.0. The zero-order valence-electron chi connectivity index (χ0n) is 26.8. The molecule has 0 aromatic heterocycles. The van der Waals surface area contributed by atoms with Gasteiger partial charge in [0.1, 0.15) is 0 Å². The summed E-state index contributed by atoms with van der Waals surface area (Å²) in [6, 6.07) is 10.2. The van der Waals surface area contributed by atoms with Gasteiger partial charge in [-0.3, -0.25) is 0 Å². The predicted molar refractivity (Wildman–Crippen MR) is 165 cm³/mol. The third kappa shape index (κ3) is 6.72. The molecule has 0 heteroatoms. The van der Waals surface area contributed by atoms with Crippen LogP contribution in [0.5, 0.6) is 0 Å². The van der Waals surface area contributed by atoms with Gasteiger partial charge in [-0.2, -0.15) is 0 Å². The fourth-order valence-electron chi connectivity index (χ4n) is 5.93. The zero-order valence-corrected chi connectivity index (χ0v) is 26.8. The molecule has 0 unspecified atom stereocenters. The van der Waals surface area contributed by atoms with Crippen LogP contribution < -0.4 is 0 Å². The Morgan fingerprint density at radius 1 is 0.514 bits per heavy atom. The van der Waals surface area contributed by atoms with Crippen molar-refractivity contribution in [1.29, 1.82) is 0 Å². The predicted octanol–water partition coefficient (Wildman–Crippen LogP) is 11.1. The van der Waals surface area contributed by atoms with Gasteiger partial charge in [0.15, 0.2) is 0 Å². The van der Waals surface area contributed by atoms with E-state index < -0.39 is 0 Å². The number of unbranched alkanes of at least 4 members (excludes halogenated alkanes) is 4. The molecule has 0 fully saturated rings. The highest BCUT2D eigenvalue weighted by Gasteiger charge is 2.37. The van der Waals surface area contributed by atoms with Crippen molar-refractivity contribution in [1.82, 2.24) is 0 Å². The molecule has 0 saturated heterocycles. The standard InChI is InChI=1S/C37H57/c1-14-15-16-17-18-19-29-32-25(21-27(34(2,3)4)23-30(32)36(8,9)10)20-26-22-28(35(5,6)7)24-31(33(26)29)37(11,12)13/h21-24H,14-20H2,1-13H3. The summed E-state index contributed by atoms with van der Waals surface area (Å²) in [5, 5.41) is 0. The Morgan fingerprint density at radius 3 is 1.27 bits per heavy atom. The minimum absolute atomic E-state index is 0.101. The van der Waals surface area contributed by atoms with E-state index in [2.05, 4.69) is 114 Å². The number of fused-ring (bicyclic) bond motifs is 2. The average Bonchev–Trinajstić information content (AvgIpc) is 2.74. The molecule has 0 N–H and O–H groups in total. The molecule has 0 aliphatic heterocycles. The first-order chi connectivity index (χ1) is 16.9. The maximum Gasteiger partial charge on any atom is 0.0352 e. The van der Waals surface area contributed by atoms with Crippen LogP contribution in [0, 0.1) is 5.92 Å². The molecule has 3 rings (SSSR count). The molecule has 0 spiro atoms. The summed E-state index contributed by atoms with van der Waals surface area (Å²) < 4.78 is 0. The van der Waals surface area contributed by atoms with E-state index in [0.29, 0.717) is 0 Å². The SMILES string of the molecule is CCCCCCC[C]1c2c(cc(C(C)(C)C)cc2C(C)(C)C)Cc2cc(C(C)(C)C)cc(C(C)(C)C)c21. The Bertz CT molecular complexity index is 1000. The molecule has 2 aromatic rings. The van der Waals surface area contributed by atoms with E-state index in [9.17, 15) is 0 Å². The molecule has 0 heterocycles. The van der Waals surface area contributed by atoms with E-state index in [-0.39, 0.29) is 21.7 Å². The Kier molecular flexibility index (Phi) is 8.54. The van der Waals surface area contributed by atoms with Gasteiger partial charge in [0.25, 0.3) is 0 Å². The van der Waals surface area contributed by atoms with E-state index in [0.717, 1.165) is 6.42 Å². The van der Waals surface area contributed by atoms with Crippen molar-refractivity contribution in [2.45, 2.75) is 157 Å². The lowest BCUT2D eigenvalue weighted by molar-refractivity contribution is 0.549.